The maximum atomic E-state index is 12.7. The molecule has 2 aromatic carbocycles. The molecule has 1 unspecified atom stereocenters. The summed E-state index contributed by atoms with van der Waals surface area (Å²) in [7, 11) is -2.06. The second-order valence-electron chi connectivity index (χ2n) is 7.48. The van der Waals surface area contributed by atoms with Gasteiger partial charge in [0.15, 0.2) is 0 Å². The molecule has 0 amide bonds. The molecule has 2 aromatic rings. The van der Waals surface area contributed by atoms with Gasteiger partial charge in [0.1, 0.15) is 5.75 Å². The van der Waals surface area contributed by atoms with Crippen molar-refractivity contribution in [3.8, 4) is 5.75 Å². The fraction of sp³-hybridized carbons (Fsp3) is 0.429. The Morgan fingerprint density at radius 2 is 1.74 bits per heavy atom. The molecule has 0 saturated carbocycles. The lowest BCUT2D eigenvalue weighted by molar-refractivity contribution is 0.0657. The quantitative estimate of drug-likeness (QED) is 0.764. The van der Waals surface area contributed by atoms with Gasteiger partial charge in [-0.25, -0.2) is 13.1 Å². The van der Waals surface area contributed by atoms with Crippen molar-refractivity contribution in [3.05, 3.63) is 59.2 Å². The number of hydrogen-bond donors (Lipinski definition) is 2. The molecule has 1 atom stereocenters. The van der Waals surface area contributed by atoms with E-state index < -0.39 is 15.6 Å². The molecule has 1 aliphatic carbocycles. The van der Waals surface area contributed by atoms with Crippen molar-refractivity contribution < 1.29 is 18.3 Å². The zero-order chi connectivity index (χ0) is 19.5. The topological polar surface area (TPSA) is 75.6 Å². The van der Waals surface area contributed by atoms with Crippen LogP contribution in [0.3, 0.4) is 0 Å². The summed E-state index contributed by atoms with van der Waals surface area (Å²) in [5.41, 5.74) is 2.07. The molecule has 0 spiro atoms. The molecule has 0 bridgehead atoms. The second-order valence-corrected chi connectivity index (χ2v) is 9.25. The van der Waals surface area contributed by atoms with E-state index in [4.69, 9.17) is 4.74 Å². The van der Waals surface area contributed by atoms with Crippen molar-refractivity contribution in [1.29, 1.82) is 0 Å². The van der Waals surface area contributed by atoms with Gasteiger partial charge < -0.3 is 9.84 Å². The first-order valence-electron chi connectivity index (χ1n) is 9.26. The van der Waals surface area contributed by atoms with E-state index >= 15 is 0 Å². The fourth-order valence-corrected chi connectivity index (χ4v) is 4.67. The van der Waals surface area contributed by atoms with Crippen molar-refractivity contribution in [2.24, 2.45) is 0 Å². The van der Waals surface area contributed by atoms with Gasteiger partial charge in [0.25, 0.3) is 0 Å². The summed E-state index contributed by atoms with van der Waals surface area (Å²) in [6, 6.07) is 12.7. The minimum Gasteiger partial charge on any atom is -0.497 e. The predicted molar refractivity (Wildman–Crippen MR) is 106 cm³/mol. The third-order valence-electron chi connectivity index (χ3n) is 5.02. The Morgan fingerprint density at radius 1 is 1.07 bits per heavy atom. The molecule has 6 heteroatoms. The molecule has 27 heavy (non-hydrogen) atoms. The highest BCUT2D eigenvalue weighted by molar-refractivity contribution is 7.89. The summed E-state index contributed by atoms with van der Waals surface area (Å²) in [6.07, 6.45) is 4.53. The van der Waals surface area contributed by atoms with E-state index in [0.717, 1.165) is 42.6 Å². The van der Waals surface area contributed by atoms with Gasteiger partial charge in [-0.05, 0) is 73.6 Å². The summed E-state index contributed by atoms with van der Waals surface area (Å²) < 4.78 is 33.0. The zero-order valence-corrected chi connectivity index (χ0v) is 16.7. The molecule has 3 rings (SSSR count). The SMILES string of the molecule is COc1ccc(CC(C)(O)CNS(=O)(=O)c2ccc3c(c2)CCCC3)cc1. The summed E-state index contributed by atoms with van der Waals surface area (Å²) >= 11 is 0. The van der Waals surface area contributed by atoms with Crippen molar-refractivity contribution >= 4 is 10.0 Å². The van der Waals surface area contributed by atoms with E-state index in [-0.39, 0.29) is 11.4 Å². The number of ether oxygens (including phenoxy) is 1. The van der Waals surface area contributed by atoms with Crippen LogP contribution in [0.4, 0.5) is 0 Å². The maximum absolute atomic E-state index is 12.7. The van der Waals surface area contributed by atoms with Crippen LogP contribution in [-0.2, 0) is 29.3 Å². The van der Waals surface area contributed by atoms with Crippen molar-refractivity contribution in [3.63, 3.8) is 0 Å². The van der Waals surface area contributed by atoms with Gasteiger partial charge >= 0.3 is 0 Å². The zero-order valence-electron chi connectivity index (χ0n) is 15.9. The molecule has 5 nitrogen and oxygen atoms in total. The van der Waals surface area contributed by atoms with Crippen LogP contribution in [0, 0.1) is 0 Å². The van der Waals surface area contributed by atoms with Gasteiger partial charge in [-0.1, -0.05) is 18.2 Å². The lowest BCUT2D eigenvalue weighted by Crippen LogP contribution is -2.42. The summed E-state index contributed by atoms with van der Waals surface area (Å²) in [5, 5.41) is 10.6. The molecule has 0 saturated heterocycles. The van der Waals surface area contributed by atoms with Crippen LogP contribution in [0.15, 0.2) is 47.4 Å². The summed E-state index contributed by atoms with van der Waals surface area (Å²) in [5.74, 6) is 0.742. The number of methoxy groups -OCH3 is 1. The number of aryl methyl sites for hydroxylation is 2. The number of benzene rings is 2. The molecule has 0 aromatic heterocycles. The van der Waals surface area contributed by atoms with E-state index in [1.54, 1.807) is 26.2 Å². The molecule has 146 valence electrons. The monoisotopic (exact) mass is 389 g/mol. The number of fused-ring (bicyclic) bond motifs is 1. The smallest absolute Gasteiger partial charge is 0.240 e. The van der Waals surface area contributed by atoms with Gasteiger partial charge in [0.05, 0.1) is 17.6 Å². The third kappa shape index (κ3) is 5.09. The number of sulfonamides is 1. The van der Waals surface area contributed by atoms with Crippen LogP contribution in [0.5, 0.6) is 5.75 Å². The highest BCUT2D eigenvalue weighted by atomic mass is 32.2. The summed E-state index contributed by atoms with van der Waals surface area (Å²) in [4.78, 5) is 0.267. The Balaban J connectivity index is 1.66. The van der Waals surface area contributed by atoms with Gasteiger partial charge in [-0.3, -0.25) is 0 Å². The fourth-order valence-electron chi connectivity index (χ4n) is 3.46. The van der Waals surface area contributed by atoms with Crippen LogP contribution >= 0.6 is 0 Å². The predicted octanol–water partition coefficient (Wildman–Crippen LogP) is 2.85. The van der Waals surface area contributed by atoms with Gasteiger partial charge in [-0.2, -0.15) is 0 Å². The lowest BCUT2D eigenvalue weighted by atomic mass is 9.92. The normalized spacial score (nSPS) is 16.4. The number of hydrogen-bond acceptors (Lipinski definition) is 4. The van der Waals surface area contributed by atoms with Crippen LogP contribution in [0.2, 0.25) is 0 Å². The Kier molecular flexibility index (Phi) is 5.89. The Bertz CT molecular complexity index is 889. The minimum atomic E-state index is -3.66. The van der Waals surface area contributed by atoms with Crippen LogP contribution in [0.1, 0.15) is 36.5 Å². The Hall–Kier alpha value is -1.89. The van der Waals surface area contributed by atoms with Crippen molar-refractivity contribution in [2.45, 2.75) is 49.5 Å². The third-order valence-corrected chi connectivity index (χ3v) is 6.42. The summed E-state index contributed by atoms with van der Waals surface area (Å²) in [6.45, 7) is 1.57. The molecule has 0 aliphatic heterocycles. The number of nitrogens with one attached hydrogen (secondary N) is 1. The maximum Gasteiger partial charge on any atom is 0.240 e. The largest absolute Gasteiger partial charge is 0.497 e. The molecule has 2 N–H and O–H groups in total. The van der Waals surface area contributed by atoms with E-state index in [1.165, 1.54) is 5.56 Å². The average Bonchev–Trinajstić information content (AvgIpc) is 2.66. The lowest BCUT2D eigenvalue weighted by Gasteiger charge is -2.24. The molecule has 0 heterocycles. The number of aliphatic hydroxyl groups is 1. The van der Waals surface area contributed by atoms with Crippen molar-refractivity contribution in [2.75, 3.05) is 13.7 Å². The molecule has 0 radical (unpaired) electrons. The van der Waals surface area contributed by atoms with E-state index in [0.29, 0.717) is 6.42 Å². The van der Waals surface area contributed by atoms with Gasteiger partial charge in [0.2, 0.25) is 10.0 Å². The Labute approximate surface area is 161 Å². The number of rotatable bonds is 7. The standard InChI is InChI=1S/C21H27NO4S/c1-21(23,14-16-7-10-19(26-2)11-8-16)15-22-27(24,25)20-12-9-17-5-3-4-6-18(17)13-20/h7-13,22-23H,3-6,14-15H2,1-2H3. The van der Waals surface area contributed by atoms with Crippen LogP contribution in [0.25, 0.3) is 0 Å². The highest BCUT2D eigenvalue weighted by Crippen LogP contribution is 2.24. The van der Waals surface area contributed by atoms with E-state index in [9.17, 15) is 13.5 Å². The van der Waals surface area contributed by atoms with Gasteiger partial charge in [0, 0.05) is 13.0 Å². The highest BCUT2D eigenvalue weighted by Gasteiger charge is 2.25. The Morgan fingerprint density at radius 3 is 2.41 bits per heavy atom. The first-order chi connectivity index (χ1) is 12.8. The van der Waals surface area contributed by atoms with Crippen molar-refractivity contribution in [1.82, 2.24) is 4.72 Å². The van der Waals surface area contributed by atoms with E-state index in [2.05, 4.69) is 4.72 Å². The average molecular weight is 390 g/mol. The molecule has 1 aliphatic rings. The first kappa shape index (κ1) is 19.9. The van der Waals surface area contributed by atoms with Crippen LogP contribution < -0.4 is 9.46 Å². The molecular formula is C21H27NO4S. The molecular weight excluding hydrogens is 362 g/mol. The minimum absolute atomic E-state index is 0.0571. The second kappa shape index (κ2) is 8.00. The first-order valence-corrected chi connectivity index (χ1v) is 10.7. The van der Waals surface area contributed by atoms with Crippen LogP contribution in [-0.4, -0.2) is 32.8 Å². The van der Waals surface area contributed by atoms with Gasteiger partial charge in [-0.15, -0.1) is 0 Å². The van der Waals surface area contributed by atoms with E-state index in [1.807, 2.05) is 30.3 Å². The molecule has 0 fully saturated rings.